The summed E-state index contributed by atoms with van der Waals surface area (Å²) in [5, 5.41) is 16.7. The molecule has 3 aromatic heterocycles. The van der Waals surface area contributed by atoms with E-state index in [1.165, 1.54) is 0 Å². The molecule has 0 bridgehead atoms. The number of nitriles is 1. The van der Waals surface area contributed by atoms with E-state index in [2.05, 4.69) is 92.8 Å². The average molecular weight is 625 g/mol. The lowest BCUT2D eigenvalue weighted by Gasteiger charge is -2.17. The van der Waals surface area contributed by atoms with Gasteiger partial charge in [-0.2, -0.15) is 5.26 Å². The summed E-state index contributed by atoms with van der Waals surface area (Å²) in [5.74, 6) is 0. The molecular formula is C44H24N4O. The largest absolute Gasteiger partial charge is 0.455 e. The summed E-state index contributed by atoms with van der Waals surface area (Å²) in [7, 11) is 0. The summed E-state index contributed by atoms with van der Waals surface area (Å²) in [6.45, 7) is 8.64. The van der Waals surface area contributed by atoms with Crippen molar-refractivity contribution in [3.05, 3.63) is 163 Å². The fraction of sp³-hybridized carbons (Fsp3) is 0. The number of aromatic nitrogens is 2. The highest BCUT2D eigenvalue weighted by atomic mass is 16.3. The third-order valence-electron chi connectivity index (χ3n) is 9.75. The number of rotatable bonds is 3. The fourth-order valence-corrected chi connectivity index (χ4v) is 7.66. The number of benzene rings is 7. The van der Waals surface area contributed by atoms with Crippen LogP contribution in [0.3, 0.4) is 0 Å². The van der Waals surface area contributed by atoms with E-state index in [1.807, 2.05) is 72.8 Å². The van der Waals surface area contributed by atoms with Crippen LogP contribution in [0.4, 0.5) is 5.69 Å². The number of fused-ring (bicyclic) bond motifs is 10. The Morgan fingerprint density at radius 1 is 0.531 bits per heavy atom. The summed E-state index contributed by atoms with van der Waals surface area (Å²) >= 11 is 0. The minimum atomic E-state index is 0.459. The quantitative estimate of drug-likeness (QED) is 0.184. The van der Waals surface area contributed by atoms with Gasteiger partial charge in [-0.15, -0.1) is 0 Å². The van der Waals surface area contributed by atoms with Gasteiger partial charge in [-0.25, -0.2) is 4.85 Å². The minimum Gasteiger partial charge on any atom is -0.455 e. The maximum atomic E-state index is 10.4. The second-order valence-corrected chi connectivity index (χ2v) is 12.3. The number of hydrogen-bond acceptors (Lipinski definition) is 2. The first-order chi connectivity index (χ1) is 24.2. The van der Waals surface area contributed by atoms with Crippen LogP contribution in [0.5, 0.6) is 0 Å². The van der Waals surface area contributed by atoms with Gasteiger partial charge >= 0.3 is 0 Å². The molecule has 5 nitrogen and oxygen atoms in total. The zero-order valence-corrected chi connectivity index (χ0v) is 26.1. The summed E-state index contributed by atoms with van der Waals surface area (Å²) in [6, 6.07) is 51.7. The third-order valence-corrected chi connectivity index (χ3v) is 9.75. The highest BCUT2D eigenvalue weighted by Gasteiger charge is 2.24. The van der Waals surface area contributed by atoms with E-state index in [0.29, 0.717) is 22.6 Å². The van der Waals surface area contributed by atoms with Gasteiger partial charge in [-0.05, 0) is 65.7 Å². The molecule has 0 saturated carbocycles. The van der Waals surface area contributed by atoms with Crippen LogP contribution in [0.25, 0.3) is 92.9 Å². The molecule has 0 atom stereocenters. The monoisotopic (exact) mass is 624 g/mol. The molecule has 10 rings (SSSR count). The predicted octanol–water partition coefficient (Wildman–Crippen LogP) is 11.9. The lowest BCUT2D eigenvalue weighted by molar-refractivity contribution is 0.673. The molecule has 7 aromatic carbocycles. The molecule has 0 spiro atoms. The molecule has 0 unspecified atom stereocenters. The van der Waals surface area contributed by atoms with E-state index in [0.717, 1.165) is 76.7 Å². The van der Waals surface area contributed by atoms with Gasteiger partial charge in [0.2, 0.25) is 5.69 Å². The van der Waals surface area contributed by atoms with Crippen LogP contribution in [0, 0.1) is 17.9 Å². The highest BCUT2D eigenvalue weighted by Crippen LogP contribution is 2.45. The maximum Gasteiger partial charge on any atom is 0.234 e. The first kappa shape index (κ1) is 27.1. The summed E-state index contributed by atoms with van der Waals surface area (Å²) in [5.41, 5.74) is 9.87. The van der Waals surface area contributed by atoms with Gasteiger partial charge in [0, 0.05) is 26.9 Å². The molecule has 0 fully saturated rings. The summed E-state index contributed by atoms with van der Waals surface area (Å²) < 4.78 is 10.9. The molecule has 226 valence electrons. The Morgan fingerprint density at radius 2 is 1.12 bits per heavy atom. The Morgan fingerprint density at radius 3 is 1.82 bits per heavy atom. The van der Waals surface area contributed by atoms with Crippen LogP contribution < -0.4 is 0 Å². The van der Waals surface area contributed by atoms with Crippen molar-refractivity contribution in [1.29, 1.82) is 5.26 Å². The van der Waals surface area contributed by atoms with Gasteiger partial charge in [0.05, 0.1) is 57.0 Å². The van der Waals surface area contributed by atoms with Crippen molar-refractivity contribution in [2.24, 2.45) is 0 Å². The SMILES string of the molecule is [C-]#[N+]c1c(-n2c3ccccc3c3ccccc32)cc(C#N)cc1-n1c2ccc(-c3ccccc3)cc2c2c3oc4ccccc4c3ccc21. The fourth-order valence-electron chi connectivity index (χ4n) is 7.66. The standard InChI is InChI=1S/C44H24N4O/c1-46-43-39(47-35-16-8-5-13-30(35)31-14-6-9-17-36(31)47)23-27(26-45)24-40(43)48-37-21-19-29(28-11-3-2-4-12-28)25-34(37)42-38(48)22-20-33-32-15-7-10-18-41(32)49-44(33)42/h2-25H. The Kier molecular flexibility index (Phi) is 5.64. The van der Waals surface area contributed by atoms with E-state index >= 15 is 0 Å². The van der Waals surface area contributed by atoms with Crippen molar-refractivity contribution in [2.45, 2.75) is 0 Å². The Balaban J connectivity index is 1.36. The maximum absolute atomic E-state index is 10.4. The molecule has 0 saturated heterocycles. The summed E-state index contributed by atoms with van der Waals surface area (Å²) in [6.07, 6.45) is 0. The summed E-state index contributed by atoms with van der Waals surface area (Å²) in [4.78, 5) is 4.22. The minimum absolute atomic E-state index is 0.459. The molecule has 0 N–H and O–H groups in total. The van der Waals surface area contributed by atoms with Gasteiger partial charge in [0.1, 0.15) is 11.2 Å². The topological polar surface area (TPSA) is 51.1 Å². The van der Waals surface area contributed by atoms with Crippen LogP contribution in [-0.2, 0) is 0 Å². The van der Waals surface area contributed by atoms with Crippen LogP contribution in [0.2, 0.25) is 0 Å². The van der Waals surface area contributed by atoms with Crippen LogP contribution in [-0.4, -0.2) is 9.13 Å². The normalized spacial score (nSPS) is 11.6. The molecule has 49 heavy (non-hydrogen) atoms. The predicted molar refractivity (Wildman–Crippen MR) is 199 cm³/mol. The van der Waals surface area contributed by atoms with Gasteiger partial charge < -0.3 is 13.6 Å². The second-order valence-electron chi connectivity index (χ2n) is 12.3. The first-order valence-electron chi connectivity index (χ1n) is 16.1. The van der Waals surface area contributed by atoms with Crippen LogP contribution in [0.15, 0.2) is 150 Å². The molecule has 3 heterocycles. The highest BCUT2D eigenvalue weighted by molar-refractivity contribution is 6.24. The molecule has 0 radical (unpaired) electrons. The van der Waals surface area contributed by atoms with E-state index in [1.54, 1.807) is 0 Å². The van der Waals surface area contributed by atoms with Crippen molar-refractivity contribution >= 4 is 71.2 Å². The molecule has 0 amide bonds. The van der Waals surface area contributed by atoms with Crippen molar-refractivity contribution < 1.29 is 4.42 Å². The van der Waals surface area contributed by atoms with Gasteiger partial charge in [-0.1, -0.05) is 91.0 Å². The smallest absolute Gasteiger partial charge is 0.234 e. The van der Waals surface area contributed by atoms with E-state index in [-0.39, 0.29) is 0 Å². The Labute approximate surface area is 280 Å². The van der Waals surface area contributed by atoms with Crippen molar-refractivity contribution in [3.8, 4) is 28.6 Å². The van der Waals surface area contributed by atoms with Crippen LogP contribution in [0.1, 0.15) is 5.56 Å². The molecule has 5 heteroatoms. The lowest BCUT2D eigenvalue weighted by atomic mass is 10.0. The average Bonchev–Trinajstić information content (AvgIpc) is 3.82. The molecule has 0 aliphatic carbocycles. The zero-order chi connectivity index (χ0) is 32.6. The second kappa shape index (κ2) is 10.2. The zero-order valence-electron chi connectivity index (χ0n) is 26.1. The third kappa shape index (κ3) is 3.79. The van der Waals surface area contributed by atoms with Crippen molar-refractivity contribution in [1.82, 2.24) is 9.13 Å². The molecular weight excluding hydrogens is 601 g/mol. The van der Waals surface area contributed by atoms with Gasteiger partial charge in [0.15, 0.2) is 0 Å². The lowest BCUT2D eigenvalue weighted by Crippen LogP contribution is -2.01. The molecule has 0 aliphatic rings. The number of para-hydroxylation sites is 3. The van der Waals surface area contributed by atoms with E-state index in [9.17, 15) is 5.26 Å². The van der Waals surface area contributed by atoms with E-state index in [4.69, 9.17) is 11.0 Å². The Hall–Kier alpha value is -7.08. The molecule has 0 aliphatic heterocycles. The van der Waals surface area contributed by atoms with Gasteiger partial charge in [0.25, 0.3) is 0 Å². The van der Waals surface area contributed by atoms with E-state index < -0.39 is 0 Å². The number of nitrogens with zero attached hydrogens (tertiary/aromatic N) is 4. The van der Waals surface area contributed by atoms with Crippen molar-refractivity contribution in [3.63, 3.8) is 0 Å². The first-order valence-corrected chi connectivity index (χ1v) is 16.1. The van der Waals surface area contributed by atoms with Crippen molar-refractivity contribution in [2.75, 3.05) is 0 Å². The number of hydrogen-bond donors (Lipinski definition) is 0. The molecule has 10 aromatic rings. The van der Waals surface area contributed by atoms with Crippen LogP contribution >= 0.6 is 0 Å². The number of furan rings is 1. The van der Waals surface area contributed by atoms with Gasteiger partial charge in [-0.3, -0.25) is 0 Å². The Bertz CT molecular complexity index is 3020.